The average Bonchev–Trinajstić information content (AvgIpc) is 3.22. The lowest BCUT2D eigenvalue weighted by atomic mass is 10.0. The summed E-state index contributed by atoms with van der Waals surface area (Å²) in [6.07, 6.45) is 2.58. The molecular formula is C20H24N2O3S. The van der Waals surface area contributed by atoms with E-state index in [4.69, 9.17) is 0 Å². The Hall–Kier alpha value is -2.18. The van der Waals surface area contributed by atoms with Gasteiger partial charge in [-0.3, -0.25) is 4.79 Å². The Labute approximate surface area is 155 Å². The Morgan fingerprint density at radius 1 is 1.04 bits per heavy atom. The van der Waals surface area contributed by atoms with Gasteiger partial charge in [-0.1, -0.05) is 37.3 Å². The SMILES string of the molecule is CCC(NC(=O)c1ccc(S(=O)(=O)N2CCCC2)cc1)c1ccccc1. The van der Waals surface area contributed by atoms with Crippen LogP contribution >= 0.6 is 0 Å². The first-order valence-electron chi connectivity index (χ1n) is 8.98. The Kier molecular flexibility index (Phi) is 5.74. The number of benzene rings is 2. The highest BCUT2D eigenvalue weighted by molar-refractivity contribution is 7.89. The summed E-state index contributed by atoms with van der Waals surface area (Å²) in [7, 11) is -3.45. The minimum Gasteiger partial charge on any atom is -0.345 e. The van der Waals surface area contributed by atoms with Crippen LogP contribution in [0.25, 0.3) is 0 Å². The molecule has 138 valence electrons. The zero-order chi connectivity index (χ0) is 18.6. The van der Waals surface area contributed by atoms with Gasteiger partial charge in [-0.05, 0) is 49.1 Å². The molecule has 1 aliphatic rings. The highest BCUT2D eigenvalue weighted by Gasteiger charge is 2.27. The van der Waals surface area contributed by atoms with E-state index >= 15 is 0 Å². The first-order chi connectivity index (χ1) is 12.5. The molecular weight excluding hydrogens is 348 g/mol. The molecule has 1 atom stereocenters. The fourth-order valence-electron chi connectivity index (χ4n) is 3.20. The van der Waals surface area contributed by atoms with Gasteiger partial charge in [0.15, 0.2) is 0 Å². The Morgan fingerprint density at radius 2 is 1.65 bits per heavy atom. The van der Waals surface area contributed by atoms with Gasteiger partial charge in [-0.2, -0.15) is 4.31 Å². The van der Waals surface area contributed by atoms with Gasteiger partial charge in [-0.25, -0.2) is 8.42 Å². The molecule has 0 radical (unpaired) electrons. The number of hydrogen-bond donors (Lipinski definition) is 1. The average molecular weight is 372 g/mol. The molecule has 1 unspecified atom stereocenters. The summed E-state index contributed by atoms with van der Waals surface area (Å²) in [6.45, 7) is 3.16. The summed E-state index contributed by atoms with van der Waals surface area (Å²) in [6, 6.07) is 15.9. The second-order valence-corrected chi connectivity index (χ2v) is 8.42. The monoisotopic (exact) mass is 372 g/mol. The highest BCUT2D eigenvalue weighted by atomic mass is 32.2. The van der Waals surface area contributed by atoms with Crippen molar-refractivity contribution in [3.05, 3.63) is 65.7 Å². The molecule has 2 aromatic rings. The number of carbonyl (C=O) groups is 1. The smallest absolute Gasteiger partial charge is 0.251 e. The molecule has 1 amide bonds. The fourth-order valence-corrected chi connectivity index (χ4v) is 4.72. The molecule has 0 saturated carbocycles. The van der Waals surface area contributed by atoms with Crippen molar-refractivity contribution in [3.63, 3.8) is 0 Å². The maximum absolute atomic E-state index is 12.6. The van der Waals surface area contributed by atoms with Crippen LogP contribution in [0.5, 0.6) is 0 Å². The van der Waals surface area contributed by atoms with Crippen LogP contribution in [-0.4, -0.2) is 31.7 Å². The topological polar surface area (TPSA) is 66.5 Å². The van der Waals surface area contributed by atoms with E-state index in [1.807, 2.05) is 37.3 Å². The fraction of sp³-hybridized carbons (Fsp3) is 0.350. The van der Waals surface area contributed by atoms with E-state index in [1.54, 1.807) is 12.1 Å². The molecule has 0 aliphatic carbocycles. The highest BCUT2D eigenvalue weighted by Crippen LogP contribution is 2.22. The van der Waals surface area contributed by atoms with Gasteiger partial charge in [-0.15, -0.1) is 0 Å². The minimum absolute atomic E-state index is 0.0725. The van der Waals surface area contributed by atoms with Crippen molar-refractivity contribution in [2.75, 3.05) is 13.1 Å². The van der Waals surface area contributed by atoms with Gasteiger partial charge in [0, 0.05) is 18.7 Å². The van der Waals surface area contributed by atoms with Crippen LogP contribution in [0.2, 0.25) is 0 Å². The molecule has 6 heteroatoms. The summed E-state index contributed by atoms with van der Waals surface area (Å²) < 4.78 is 26.6. The lowest BCUT2D eigenvalue weighted by Gasteiger charge is -2.18. The largest absolute Gasteiger partial charge is 0.345 e. The number of nitrogens with zero attached hydrogens (tertiary/aromatic N) is 1. The van der Waals surface area contributed by atoms with E-state index in [0.29, 0.717) is 18.7 Å². The van der Waals surface area contributed by atoms with Gasteiger partial charge >= 0.3 is 0 Å². The van der Waals surface area contributed by atoms with Crippen LogP contribution in [0.15, 0.2) is 59.5 Å². The molecule has 0 bridgehead atoms. The van der Waals surface area contributed by atoms with Crippen molar-refractivity contribution in [1.29, 1.82) is 0 Å². The number of rotatable bonds is 6. The van der Waals surface area contributed by atoms with Crippen molar-refractivity contribution in [3.8, 4) is 0 Å². The number of amides is 1. The maximum Gasteiger partial charge on any atom is 0.251 e. The molecule has 0 spiro atoms. The second-order valence-electron chi connectivity index (χ2n) is 6.48. The van der Waals surface area contributed by atoms with Crippen molar-refractivity contribution < 1.29 is 13.2 Å². The quantitative estimate of drug-likeness (QED) is 0.846. The maximum atomic E-state index is 12.6. The standard InChI is InChI=1S/C20H24N2O3S/c1-2-19(16-8-4-3-5-9-16)21-20(23)17-10-12-18(13-11-17)26(24,25)22-14-6-7-15-22/h3-5,8-13,19H,2,6-7,14-15H2,1H3,(H,21,23). The molecule has 1 aliphatic heterocycles. The summed E-state index contributed by atoms with van der Waals surface area (Å²) >= 11 is 0. The molecule has 1 N–H and O–H groups in total. The predicted molar refractivity (Wildman–Crippen MR) is 101 cm³/mol. The van der Waals surface area contributed by atoms with E-state index in [2.05, 4.69) is 5.32 Å². The van der Waals surface area contributed by atoms with E-state index < -0.39 is 10.0 Å². The summed E-state index contributed by atoms with van der Waals surface area (Å²) in [5, 5.41) is 3.01. The normalized spacial score (nSPS) is 16.3. The molecule has 1 fully saturated rings. The first kappa shape index (κ1) is 18.6. The van der Waals surface area contributed by atoms with Crippen molar-refractivity contribution in [2.24, 2.45) is 0 Å². The number of nitrogens with one attached hydrogen (secondary N) is 1. The molecule has 5 nitrogen and oxygen atoms in total. The molecule has 3 rings (SSSR count). The van der Waals surface area contributed by atoms with Crippen LogP contribution in [0.1, 0.15) is 48.1 Å². The summed E-state index contributed by atoms with van der Waals surface area (Å²) in [5.74, 6) is -0.203. The Balaban J connectivity index is 1.72. The molecule has 1 heterocycles. The van der Waals surface area contributed by atoms with E-state index in [0.717, 1.165) is 24.8 Å². The number of hydrogen-bond acceptors (Lipinski definition) is 3. The number of sulfonamides is 1. The van der Waals surface area contributed by atoms with Gasteiger partial charge < -0.3 is 5.32 Å². The predicted octanol–water partition coefficient (Wildman–Crippen LogP) is 3.35. The van der Waals surface area contributed by atoms with Crippen LogP contribution in [-0.2, 0) is 10.0 Å². The van der Waals surface area contributed by atoms with Crippen molar-refractivity contribution >= 4 is 15.9 Å². The summed E-state index contributed by atoms with van der Waals surface area (Å²) in [5.41, 5.74) is 1.51. The lowest BCUT2D eigenvalue weighted by Crippen LogP contribution is -2.29. The van der Waals surface area contributed by atoms with Crippen LogP contribution in [0.3, 0.4) is 0 Å². The third-order valence-electron chi connectivity index (χ3n) is 4.73. The van der Waals surface area contributed by atoms with Gasteiger partial charge in [0.2, 0.25) is 10.0 Å². The van der Waals surface area contributed by atoms with Crippen LogP contribution < -0.4 is 5.32 Å². The van der Waals surface area contributed by atoms with E-state index in [-0.39, 0.29) is 16.8 Å². The van der Waals surface area contributed by atoms with Gasteiger partial charge in [0.25, 0.3) is 5.91 Å². The van der Waals surface area contributed by atoms with Crippen LogP contribution in [0, 0.1) is 0 Å². The number of carbonyl (C=O) groups excluding carboxylic acids is 1. The lowest BCUT2D eigenvalue weighted by molar-refractivity contribution is 0.0935. The minimum atomic E-state index is -3.45. The zero-order valence-corrected chi connectivity index (χ0v) is 15.7. The zero-order valence-electron chi connectivity index (χ0n) is 14.9. The van der Waals surface area contributed by atoms with E-state index in [1.165, 1.54) is 16.4 Å². The molecule has 1 saturated heterocycles. The molecule has 0 aromatic heterocycles. The van der Waals surface area contributed by atoms with Gasteiger partial charge in [0.05, 0.1) is 10.9 Å². The van der Waals surface area contributed by atoms with Gasteiger partial charge in [0.1, 0.15) is 0 Å². The Morgan fingerprint density at radius 3 is 2.23 bits per heavy atom. The molecule has 2 aromatic carbocycles. The summed E-state index contributed by atoms with van der Waals surface area (Å²) in [4.78, 5) is 12.8. The Bertz CT molecular complexity index is 842. The third kappa shape index (κ3) is 3.97. The van der Waals surface area contributed by atoms with E-state index in [9.17, 15) is 13.2 Å². The second kappa shape index (κ2) is 8.01. The van der Waals surface area contributed by atoms with Crippen molar-refractivity contribution in [2.45, 2.75) is 37.1 Å². The first-order valence-corrected chi connectivity index (χ1v) is 10.4. The van der Waals surface area contributed by atoms with Crippen LogP contribution in [0.4, 0.5) is 0 Å². The molecule has 26 heavy (non-hydrogen) atoms. The van der Waals surface area contributed by atoms with Crippen molar-refractivity contribution in [1.82, 2.24) is 9.62 Å². The third-order valence-corrected chi connectivity index (χ3v) is 6.65.